The van der Waals surface area contributed by atoms with Crippen molar-refractivity contribution < 1.29 is 9.13 Å². The summed E-state index contributed by atoms with van der Waals surface area (Å²) in [7, 11) is 3.94. The Morgan fingerprint density at radius 1 is 1.47 bits per heavy atom. The van der Waals surface area contributed by atoms with E-state index in [1.807, 2.05) is 25.1 Å². The van der Waals surface area contributed by atoms with Crippen molar-refractivity contribution >= 4 is 15.9 Å². The van der Waals surface area contributed by atoms with E-state index >= 15 is 0 Å². The normalized spacial score (nSPS) is 10.4. The fraction of sp³-hybridized carbons (Fsp3) is 0.417. The van der Waals surface area contributed by atoms with Crippen LogP contribution in [0.3, 0.4) is 0 Å². The Balaban J connectivity index is 2.61. The first kappa shape index (κ1) is 13.9. The van der Waals surface area contributed by atoms with Gasteiger partial charge in [-0.05, 0) is 48.6 Å². The van der Waals surface area contributed by atoms with Gasteiger partial charge in [-0.2, -0.15) is 5.26 Å². The molecule has 0 heterocycles. The minimum absolute atomic E-state index is 0.158. The Labute approximate surface area is 109 Å². The van der Waals surface area contributed by atoms with Gasteiger partial charge >= 0.3 is 0 Å². The molecule has 0 fully saturated rings. The van der Waals surface area contributed by atoms with Crippen LogP contribution in [-0.2, 0) is 0 Å². The Bertz CT molecular complexity index is 429. The summed E-state index contributed by atoms with van der Waals surface area (Å²) in [5, 5.41) is 8.72. The number of benzene rings is 1. The van der Waals surface area contributed by atoms with Crippen LogP contribution in [0.25, 0.3) is 0 Å². The van der Waals surface area contributed by atoms with Crippen LogP contribution in [-0.4, -0.2) is 32.1 Å². The molecule has 0 spiro atoms. The maximum absolute atomic E-state index is 13.7. The molecule has 0 radical (unpaired) electrons. The Morgan fingerprint density at radius 3 is 2.76 bits per heavy atom. The van der Waals surface area contributed by atoms with Crippen molar-refractivity contribution in [3.05, 3.63) is 28.0 Å². The van der Waals surface area contributed by atoms with E-state index in [2.05, 4.69) is 15.9 Å². The van der Waals surface area contributed by atoms with E-state index in [0.717, 1.165) is 13.0 Å². The zero-order chi connectivity index (χ0) is 12.8. The first-order valence-electron chi connectivity index (χ1n) is 5.22. The molecule has 3 nitrogen and oxygen atoms in total. The van der Waals surface area contributed by atoms with E-state index in [4.69, 9.17) is 10.00 Å². The van der Waals surface area contributed by atoms with E-state index in [1.54, 1.807) is 0 Å². The molecular weight excluding hydrogens is 287 g/mol. The Kier molecular flexibility index (Phi) is 5.39. The lowest BCUT2D eigenvalue weighted by molar-refractivity contribution is 0.270. The maximum Gasteiger partial charge on any atom is 0.180 e. The highest BCUT2D eigenvalue weighted by molar-refractivity contribution is 9.10. The lowest BCUT2D eigenvalue weighted by atomic mass is 10.2. The molecule has 0 aliphatic rings. The van der Waals surface area contributed by atoms with E-state index in [9.17, 15) is 4.39 Å². The monoisotopic (exact) mass is 300 g/mol. The third-order valence-corrected chi connectivity index (χ3v) is 2.95. The van der Waals surface area contributed by atoms with Gasteiger partial charge in [0.25, 0.3) is 0 Å². The molecule has 0 amide bonds. The van der Waals surface area contributed by atoms with Crippen molar-refractivity contribution in [1.29, 1.82) is 5.26 Å². The molecule has 17 heavy (non-hydrogen) atoms. The van der Waals surface area contributed by atoms with Gasteiger partial charge in [0.15, 0.2) is 11.6 Å². The average molecular weight is 301 g/mol. The van der Waals surface area contributed by atoms with Gasteiger partial charge < -0.3 is 9.64 Å². The second-order valence-electron chi connectivity index (χ2n) is 3.86. The molecule has 5 heteroatoms. The predicted molar refractivity (Wildman–Crippen MR) is 67.5 cm³/mol. The van der Waals surface area contributed by atoms with Crippen LogP contribution in [0.5, 0.6) is 5.75 Å². The molecule has 0 N–H and O–H groups in total. The number of hydrogen-bond acceptors (Lipinski definition) is 3. The van der Waals surface area contributed by atoms with Crippen LogP contribution >= 0.6 is 15.9 Å². The minimum Gasteiger partial charge on any atom is -0.490 e. The lowest BCUT2D eigenvalue weighted by Gasteiger charge is -2.11. The van der Waals surface area contributed by atoms with Gasteiger partial charge in [0.1, 0.15) is 6.07 Å². The molecule has 0 aliphatic heterocycles. The van der Waals surface area contributed by atoms with Gasteiger partial charge in [-0.15, -0.1) is 0 Å². The number of ether oxygens (including phenoxy) is 1. The zero-order valence-electron chi connectivity index (χ0n) is 9.83. The van der Waals surface area contributed by atoms with Crippen molar-refractivity contribution in [3.8, 4) is 11.8 Å². The molecule has 0 aliphatic carbocycles. The van der Waals surface area contributed by atoms with Crippen LogP contribution < -0.4 is 4.74 Å². The summed E-state index contributed by atoms with van der Waals surface area (Å²) in [6.45, 7) is 1.34. The minimum atomic E-state index is -0.520. The van der Waals surface area contributed by atoms with Crippen molar-refractivity contribution in [2.75, 3.05) is 27.2 Å². The molecule has 0 saturated carbocycles. The SMILES string of the molecule is CN(C)CCCOc1ccc(C#N)c(Br)c1F. The predicted octanol–water partition coefficient (Wildman–Crippen LogP) is 2.79. The van der Waals surface area contributed by atoms with Gasteiger partial charge in [0.2, 0.25) is 0 Å². The molecule has 92 valence electrons. The standard InChI is InChI=1S/C12H14BrFN2O/c1-16(2)6-3-7-17-10-5-4-9(8-15)11(13)12(10)14/h4-5H,3,6-7H2,1-2H3. The Hall–Kier alpha value is -1.12. The summed E-state index contributed by atoms with van der Waals surface area (Å²) in [6.07, 6.45) is 0.823. The molecule has 1 rings (SSSR count). The summed E-state index contributed by atoms with van der Waals surface area (Å²) >= 11 is 3.04. The van der Waals surface area contributed by atoms with Gasteiger partial charge in [0.05, 0.1) is 16.6 Å². The first-order valence-corrected chi connectivity index (χ1v) is 6.01. The van der Waals surface area contributed by atoms with Crippen LogP contribution in [0.1, 0.15) is 12.0 Å². The fourth-order valence-electron chi connectivity index (χ4n) is 1.29. The molecular formula is C12H14BrFN2O. The van der Waals surface area contributed by atoms with Crippen LogP contribution in [0, 0.1) is 17.1 Å². The van der Waals surface area contributed by atoms with E-state index < -0.39 is 5.82 Å². The molecule has 0 atom stereocenters. The Morgan fingerprint density at radius 2 is 2.18 bits per heavy atom. The topological polar surface area (TPSA) is 36.3 Å². The van der Waals surface area contributed by atoms with Gasteiger partial charge in [-0.3, -0.25) is 0 Å². The van der Waals surface area contributed by atoms with Crippen molar-refractivity contribution in [3.63, 3.8) is 0 Å². The highest BCUT2D eigenvalue weighted by Crippen LogP contribution is 2.28. The summed E-state index contributed by atoms with van der Waals surface area (Å²) in [6, 6.07) is 4.91. The van der Waals surface area contributed by atoms with Crippen LogP contribution in [0.15, 0.2) is 16.6 Å². The van der Waals surface area contributed by atoms with Crippen LogP contribution in [0.4, 0.5) is 4.39 Å². The summed E-state index contributed by atoms with van der Waals surface area (Å²) in [4.78, 5) is 2.04. The fourth-order valence-corrected chi connectivity index (χ4v) is 1.71. The smallest absolute Gasteiger partial charge is 0.180 e. The van der Waals surface area contributed by atoms with Crippen molar-refractivity contribution in [1.82, 2.24) is 4.90 Å². The number of rotatable bonds is 5. The lowest BCUT2D eigenvalue weighted by Crippen LogP contribution is -2.15. The second kappa shape index (κ2) is 6.58. The molecule has 0 aromatic heterocycles. The number of hydrogen-bond donors (Lipinski definition) is 0. The average Bonchev–Trinajstić information content (AvgIpc) is 2.29. The molecule has 0 unspecified atom stereocenters. The van der Waals surface area contributed by atoms with Gasteiger partial charge in [-0.1, -0.05) is 0 Å². The van der Waals surface area contributed by atoms with Gasteiger partial charge in [-0.25, -0.2) is 4.39 Å². The van der Waals surface area contributed by atoms with E-state index in [1.165, 1.54) is 12.1 Å². The highest BCUT2D eigenvalue weighted by Gasteiger charge is 2.11. The molecule has 1 aromatic rings. The second-order valence-corrected chi connectivity index (χ2v) is 4.65. The van der Waals surface area contributed by atoms with Gasteiger partial charge in [0, 0.05) is 6.54 Å². The largest absolute Gasteiger partial charge is 0.490 e. The number of nitrogens with zero attached hydrogens (tertiary/aromatic N) is 2. The zero-order valence-corrected chi connectivity index (χ0v) is 11.4. The summed E-state index contributed by atoms with van der Waals surface area (Å²) in [5.74, 6) is -0.344. The van der Waals surface area contributed by atoms with Crippen molar-refractivity contribution in [2.45, 2.75) is 6.42 Å². The van der Waals surface area contributed by atoms with E-state index in [-0.39, 0.29) is 15.8 Å². The first-order chi connectivity index (χ1) is 8.06. The molecule has 0 saturated heterocycles. The molecule has 0 bridgehead atoms. The third kappa shape index (κ3) is 3.99. The highest BCUT2D eigenvalue weighted by atomic mass is 79.9. The quantitative estimate of drug-likeness (QED) is 0.785. The molecule has 1 aromatic carbocycles. The number of halogens is 2. The number of nitriles is 1. The summed E-state index contributed by atoms with van der Waals surface area (Å²) < 4.78 is 19.2. The third-order valence-electron chi connectivity index (χ3n) is 2.17. The maximum atomic E-state index is 13.7. The van der Waals surface area contributed by atoms with E-state index in [0.29, 0.717) is 6.61 Å². The van der Waals surface area contributed by atoms with Crippen LogP contribution in [0.2, 0.25) is 0 Å². The van der Waals surface area contributed by atoms with Crippen molar-refractivity contribution in [2.24, 2.45) is 0 Å². The summed E-state index contributed by atoms with van der Waals surface area (Å²) in [5.41, 5.74) is 0.267.